The monoisotopic (exact) mass is 315 g/mol. The first kappa shape index (κ1) is 16.6. The fraction of sp³-hybridized carbons (Fsp3) is 0.364. The molecule has 0 aliphatic heterocycles. The zero-order chi connectivity index (χ0) is 16.2. The lowest BCUT2D eigenvalue weighted by Crippen LogP contribution is -2.45. The van der Waals surface area contributed by atoms with Gasteiger partial charge >= 0.3 is 17.0 Å². The molecular weight excluding hydrogens is 302 g/mol. The summed E-state index contributed by atoms with van der Waals surface area (Å²) in [5.74, 6) is -2.15. The molecule has 0 unspecified atom stereocenters. The number of esters is 1. The fourth-order valence-electron chi connectivity index (χ4n) is 1.39. The zero-order valence-electron chi connectivity index (χ0n) is 11.2. The van der Waals surface area contributed by atoms with Crippen molar-refractivity contribution in [2.24, 2.45) is 11.7 Å². The van der Waals surface area contributed by atoms with Crippen molar-refractivity contribution in [3.05, 3.63) is 27.1 Å². The number of primary amides is 1. The second kappa shape index (κ2) is 6.79. The highest BCUT2D eigenvalue weighted by molar-refractivity contribution is 7.17. The van der Waals surface area contributed by atoms with E-state index in [9.17, 15) is 24.5 Å². The van der Waals surface area contributed by atoms with Crippen molar-refractivity contribution < 1.29 is 24.0 Å². The van der Waals surface area contributed by atoms with E-state index in [1.807, 2.05) is 5.32 Å². The van der Waals surface area contributed by atoms with Gasteiger partial charge in [-0.15, -0.1) is 0 Å². The summed E-state index contributed by atoms with van der Waals surface area (Å²) in [5.41, 5.74) is 4.83. The molecule has 0 spiro atoms. The average Bonchev–Trinajstić information content (AvgIpc) is 2.83. The van der Waals surface area contributed by atoms with Gasteiger partial charge in [-0.3, -0.25) is 20.2 Å². The number of hydrogen-bond donors (Lipinski definition) is 2. The van der Waals surface area contributed by atoms with Crippen LogP contribution in [0.15, 0.2) is 12.1 Å². The number of nitro groups is 1. The van der Waals surface area contributed by atoms with Crippen LogP contribution in [0.3, 0.4) is 0 Å². The van der Waals surface area contributed by atoms with Crippen LogP contribution in [0.25, 0.3) is 0 Å². The lowest BCUT2D eigenvalue weighted by molar-refractivity contribution is -0.380. The molecule has 0 bridgehead atoms. The molecule has 9 nitrogen and oxygen atoms in total. The van der Waals surface area contributed by atoms with E-state index >= 15 is 0 Å². The van der Waals surface area contributed by atoms with E-state index in [4.69, 9.17) is 10.5 Å². The SMILES string of the molecule is CC(C)[C@H](OC(=O)c1ccc([N+](=O)[O-])s1)C(=O)NC(N)=O. The van der Waals surface area contributed by atoms with Crippen molar-refractivity contribution in [2.75, 3.05) is 0 Å². The number of carbonyl (C=O) groups is 3. The van der Waals surface area contributed by atoms with Crippen LogP contribution in [0.1, 0.15) is 23.5 Å². The Morgan fingerprint density at radius 3 is 2.43 bits per heavy atom. The van der Waals surface area contributed by atoms with Gasteiger partial charge in [0.25, 0.3) is 5.91 Å². The van der Waals surface area contributed by atoms with Crippen molar-refractivity contribution >= 4 is 34.2 Å². The number of thiophene rings is 1. The number of ether oxygens (including phenoxy) is 1. The lowest BCUT2D eigenvalue weighted by atomic mass is 10.1. The molecule has 10 heteroatoms. The highest BCUT2D eigenvalue weighted by Gasteiger charge is 2.29. The molecule has 3 N–H and O–H groups in total. The van der Waals surface area contributed by atoms with E-state index in [-0.39, 0.29) is 9.88 Å². The van der Waals surface area contributed by atoms with Gasteiger partial charge in [0.1, 0.15) is 4.88 Å². The fourth-order valence-corrected chi connectivity index (χ4v) is 2.10. The van der Waals surface area contributed by atoms with Gasteiger partial charge in [0, 0.05) is 6.07 Å². The van der Waals surface area contributed by atoms with Gasteiger partial charge in [-0.2, -0.15) is 0 Å². The predicted molar refractivity (Wildman–Crippen MR) is 72.7 cm³/mol. The number of rotatable bonds is 5. The summed E-state index contributed by atoms with van der Waals surface area (Å²) in [7, 11) is 0. The molecule has 1 aromatic heterocycles. The predicted octanol–water partition coefficient (Wildman–Crippen LogP) is 1.03. The van der Waals surface area contributed by atoms with E-state index in [2.05, 4.69) is 0 Å². The quantitative estimate of drug-likeness (QED) is 0.472. The van der Waals surface area contributed by atoms with Gasteiger partial charge in [0.05, 0.1) is 4.92 Å². The summed E-state index contributed by atoms with van der Waals surface area (Å²) < 4.78 is 4.98. The van der Waals surface area contributed by atoms with Crippen LogP contribution in [0.4, 0.5) is 9.80 Å². The minimum Gasteiger partial charge on any atom is -0.448 e. The molecule has 1 heterocycles. The van der Waals surface area contributed by atoms with Crippen LogP contribution in [0.2, 0.25) is 0 Å². The summed E-state index contributed by atoms with van der Waals surface area (Å²) in [6, 6.07) is 1.33. The Hall–Kier alpha value is -2.49. The third-order valence-electron chi connectivity index (χ3n) is 2.32. The first-order valence-corrected chi connectivity index (χ1v) is 6.59. The lowest BCUT2D eigenvalue weighted by Gasteiger charge is -2.19. The van der Waals surface area contributed by atoms with Gasteiger partial charge in [-0.25, -0.2) is 9.59 Å². The normalized spacial score (nSPS) is 11.8. The largest absolute Gasteiger partial charge is 0.448 e. The smallest absolute Gasteiger partial charge is 0.349 e. The summed E-state index contributed by atoms with van der Waals surface area (Å²) in [6.45, 7) is 3.21. The first-order valence-electron chi connectivity index (χ1n) is 5.78. The number of carbonyl (C=O) groups excluding carboxylic acids is 3. The summed E-state index contributed by atoms with van der Waals surface area (Å²) >= 11 is 0.631. The Labute approximate surface area is 123 Å². The first-order chi connectivity index (χ1) is 9.72. The molecule has 3 amide bonds. The summed E-state index contributed by atoms with van der Waals surface area (Å²) in [6.07, 6.45) is -1.23. The van der Waals surface area contributed by atoms with Crippen molar-refractivity contribution in [1.82, 2.24) is 5.32 Å². The molecular formula is C11H13N3O6S. The van der Waals surface area contributed by atoms with Crippen LogP contribution < -0.4 is 11.1 Å². The van der Waals surface area contributed by atoms with Gasteiger partial charge in [0.15, 0.2) is 6.10 Å². The number of urea groups is 1. The van der Waals surface area contributed by atoms with Gasteiger partial charge in [0.2, 0.25) is 0 Å². The topological polar surface area (TPSA) is 142 Å². The number of nitrogens with one attached hydrogen (secondary N) is 1. The van der Waals surface area contributed by atoms with E-state index in [1.54, 1.807) is 13.8 Å². The van der Waals surface area contributed by atoms with E-state index in [1.165, 1.54) is 6.07 Å². The standard InChI is InChI=1S/C11H13N3O6S/c1-5(2)8(9(15)13-11(12)17)20-10(16)6-3-4-7(21-6)14(18)19/h3-5,8H,1-2H3,(H3,12,13,15,17)/t8-/m0/s1. The number of nitrogens with two attached hydrogens (primary N) is 1. The number of imide groups is 1. The molecule has 0 saturated carbocycles. The maximum atomic E-state index is 11.9. The molecule has 0 saturated heterocycles. The Morgan fingerprint density at radius 1 is 1.38 bits per heavy atom. The van der Waals surface area contributed by atoms with Crippen LogP contribution in [0, 0.1) is 16.0 Å². The van der Waals surface area contributed by atoms with Crippen LogP contribution in [-0.2, 0) is 9.53 Å². The Bertz CT molecular complexity index is 582. The van der Waals surface area contributed by atoms with Crippen LogP contribution in [-0.4, -0.2) is 28.9 Å². The number of hydrogen-bond acceptors (Lipinski definition) is 7. The van der Waals surface area contributed by atoms with Crippen LogP contribution in [0.5, 0.6) is 0 Å². The molecule has 0 aromatic carbocycles. The van der Waals surface area contributed by atoms with Crippen molar-refractivity contribution in [1.29, 1.82) is 0 Å². The maximum absolute atomic E-state index is 11.9. The molecule has 1 rings (SSSR count). The van der Waals surface area contributed by atoms with E-state index < -0.39 is 34.9 Å². The molecule has 114 valence electrons. The molecule has 0 aliphatic carbocycles. The second-order valence-corrected chi connectivity index (χ2v) is 5.38. The maximum Gasteiger partial charge on any atom is 0.349 e. The van der Waals surface area contributed by atoms with Crippen molar-refractivity contribution in [3.63, 3.8) is 0 Å². The third-order valence-corrected chi connectivity index (χ3v) is 3.33. The highest BCUT2D eigenvalue weighted by Crippen LogP contribution is 2.25. The van der Waals surface area contributed by atoms with E-state index in [0.29, 0.717) is 11.3 Å². The molecule has 0 aliphatic rings. The zero-order valence-corrected chi connectivity index (χ0v) is 12.0. The summed E-state index contributed by atoms with van der Waals surface area (Å²) in [4.78, 5) is 44.1. The molecule has 0 radical (unpaired) electrons. The highest BCUT2D eigenvalue weighted by atomic mass is 32.1. The van der Waals surface area contributed by atoms with E-state index in [0.717, 1.165) is 6.07 Å². The van der Waals surface area contributed by atoms with Crippen molar-refractivity contribution in [3.8, 4) is 0 Å². The van der Waals surface area contributed by atoms with Crippen molar-refractivity contribution in [2.45, 2.75) is 20.0 Å². The Kier molecular flexibility index (Phi) is 5.36. The van der Waals surface area contributed by atoms with Gasteiger partial charge in [-0.05, 0) is 12.0 Å². The molecule has 21 heavy (non-hydrogen) atoms. The number of nitrogens with zero attached hydrogens (tertiary/aromatic N) is 1. The van der Waals surface area contributed by atoms with Gasteiger partial charge < -0.3 is 10.5 Å². The minimum atomic E-state index is -1.23. The second-order valence-electron chi connectivity index (χ2n) is 4.32. The molecule has 1 aromatic rings. The molecule has 0 fully saturated rings. The average molecular weight is 315 g/mol. The Balaban J connectivity index is 2.83. The van der Waals surface area contributed by atoms with Gasteiger partial charge in [-0.1, -0.05) is 25.2 Å². The summed E-state index contributed by atoms with van der Waals surface area (Å²) in [5, 5.41) is 12.1. The molecule has 1 atom stereocenters. The Morgan fingerprint density at radius 2 is 2.00 bits per heavy atom. The van der Waals surface area contributed by atoms with Crippen LogP contribution >= 0.6 is 11.3 Å². The minimum absolute atomic E-state index is 0.0146. The third kappa shape index (κ3) is 4.53. The number of amides is 3.